The van der Waals surface area contributed by atoms with Crippen LogP contribution in [0.2, 0.25) is 0 Å². The number of anilines is 2. The van der Waals surface area contributed by atoms with E-state index in [2.05, 4.69) is 20.6 Å². The molecule has 2 heterocycles. The van der Waals surface area contributed by atoms with Crippen molar-refractivity contribution in [2.75, 3.05) is 65.3 Å². The minimum absolute atomic E-state index is 0.0389. The van der Waals surface area contributed by atoms with Crippen LogP contribution in [0.4, 0.5) is 11.4 Å². The maximum absolute atomic E-state index is 13.3. The summed E-state index contributed by atoms with van der Waals surface area (Å²) >= 11 is 0. The van der Waals surface area contributed by atoms with Crippen LogP contribution in [0.25, 0.3) is 11.1 Å². The summed E-state index contributed by atoms with van der Waals surface area (Å²) in [6, 6.07) is 14.6. The lowest BCUT2D eigenvalue weighted by Crippen LogP contribution is -2.22. The van der Waals surface area contributed by atoms with Crippen molar-refractivity contribution in [3.8, 4) is 22.6 Å². The molecule has 0 aliphatic heterocycles. The maximum atomic E-state index is 13.3. The average molecular weight is 657 g/mol. The summed E-state index contributed by atoms with van der Waals surface area (Å²) in [7, 11) is 6.85. The van der Waals surface area contributed by atoms with Gasteiger partial charge in [0.15, 0.2) is 0 Å². The molecule has 0 aliphatic rings. The lowest BCUT2D eigenvalue weighted by molar-refractivity contribution is 0.101. The first-order valence-corrected chi connectivity index (χ1v) is 15.6. The molecule has 4 aromatic rings. The number of aliphatic hydroxyl groups excluding tert-OH is 2. The number of nitrogens with one attached hydrogen (secondary N) is 2. The predicted octanol–water partition coefficient (Wildman–Crippen LogP) is 4.13. The molecule has 0 aliphatic carbocycles. The molecule has 0 fully saturated rings. The quantitative estimate of drug-likeness (QED) is 0.147. The van der Waals surface area contributed by atoms with Crippen LogP contribution < -0.4 is 20.1 Å². The van der Waals surface area contributed by atoms with Crippen molar-refractivity contribution in [3.63, 3.8) is 0 Å². The van der Waals surface area contributed by atoms with Crippen LogP contribution in [0.3, 0.4) is 0 Å². The Bertz CT molecular complexity index is 1620. The van der Waals surface area contributed by atoms with Gasteiger partial charge < -0.3 is 30.3 Å². The molecule has 48 heavy (non-hydrogen) atoms. The number of nitrogens with zero attached hydrogens (tertiary/aromatic N) is 4. The molecule has 12 heteroatoms. The van der Waals surface area contributed by atoms with Crippen molar-refractivity contribution in [3.05, 3.63) is 94.6 Å². The Morgan fingerprint density at radius 1 is 0.708 bits per heavy atom. The summed E-state index contributed by atoms with van der Waals surface area (Å²) < 4.78 is 11.1. The van der Waals surface area contributed by atoms with Gasteiger partial charge in [0.1, 0.15) is 22.9 Å². The Labute approximate surface area is 281 Å². The minimum atomic E-state index is -0.379. The van der Waals surface area contributed by atoms with Gasteiger partial charge >= 0.3 is 0 Å². The number of aliphatic hydroxyl groups is 2. The van der Waals surface area contributed by atoms with Gasteiger partial charge in [0.25, 0.3) is 11.8 Å². The first-order chi connectivity index (χ1) is 23.1. The van der Waals surface area contributed by atoms with Crippen LogP contribution in [0, 0.1) is 13.8 Å². The van der Waals surface area contributed by atoms with E-state index in [1.807, 2.05) is 74.1 Å². The topological polar surface area (TPSA) is 149 Å². The van der Waals surface area contributed by atoms with Gasteiger partial charge in [-0.1, -0.05) is 24.3 Å². The van der Waals surface area contributed by atoms with Crippen molar-refractivity contribution in [2.45, 2.75) is 26.9 Å². The first kappa shape index (κ1) is 36.0. The second kappa shape index (κ2) is 16.8. The summed E-state index contributed by atoms with van der Waals surface area (Å²) in [6.45, 7) is 5.97. The van der Waals surface area contributed by atoms with Gasteiger partial charge in [-0.3, -0.25) is 29.4 Å². The number of ether oxygens (including phenoxy) is 2. The second-order valence-corrected chi connectivity index (χ2v) is 11.6. The van der Waals surface area contributed by atoms with E-state index in [0.29, 0.717) is 49.1 Å². The van der Waals surface area contributed by atoms with Crippen molar-refractivity contribution >= 4 is 23.2 Å². The number of hydrogen-bond acceptors (Lipinski definition) is 10. The summed E-state index contributed by atoms with van der Waals surface area (Å²) in [5.74, 6) is 0.316. The molecular formula is C36H44N6O6. The minimum Gasteiger partial charge on any atom is -0.496 e. The molecule has 2 aromatic carbocycles. The van der Waals surface area contributed by atoms with Gasteiger partial charge in [-0.05, 0) is 62.3 Å². The number of likely N-dealkylation sites (N-methyl/N-ethyl adjacent to an activating group) is 2. The van der Waals surface area contributed by atoms with E-state index in [-0.39, 0.29) is 36.4 Å². The van der Waals surface area contributed by atoms with Gasteiger partial charge in [-0.15, -0.1) is 0 Å². The lowest BCUT2D eigenvalue weighted by Gasteiger charge is -2.18. The molecule has 0 spiro atoms. The van der Waals surface area contributed by atoms with E-state index >= 15 is 0 Å². The Hall–Kier alpha value is -4.88. The normalized spacial score (nSPS) is 11.1. The molecule has 2 aromatic heterocycles. The largest absolute Gasteiger partial charge is 0.496 e. The molecule has 254 valence electrons. The lowest BCUT2D eigenvalue weighted by atomic mass is 9.94. The molecule has 0 atom stereocenters. The number of amides is 2. The molecule has 12 nitrogen and oxygen atoms in total. The van der Waals surface area contributed by atoms with E-state index in [9.17, 15) is 19.8 Å². The van der Waals surface area contributed by atoms with Gasteiger partial charge in [0.05, 0.1) is 27.4 Å². The second-order valence-electron chi connectivity index (χ2n) is 11.6. The maximum Gasteiger partial charge on any atom is 0.274 e. The molecule has 0 bridgehead atoms. The zero-order chi connectivity index (χ0) is 34.8. The summed E-state index contributed by atoms with van der Waals surface area (Å²) in [4.78, 5) is 39.2. The zero-order valence-corrected chi connectivity index (χ0v) is 28.3. The molecular weight excluding hydrogens is 612 g/mol. The first-order valence-electron chi connectivity index (χ1n) is 15.6. The molecule has 0 radical (unpaired) electrons. The van der Waals surface area contributed by atoms with Crippen LogP contribution in [0.15, 0.2) is 60.9 Å². The van der Waals surface area contributed by atoms with E-state index in [1.54, 1.807) is 38.7 Å². The third-order valence-electron chi connectivity index (χ3n) is 8.09. The summed E-state index contributed by atoms with van der Waals surface area (Å²) in [5.41, 5.74) is 6.76. The number of carbonyl (C=O) groups excluding carboxylic acids is 2. The molecule has 0 saturated carbocycles. The molecule has 0 unspecified atom stereocenters. The fraction of sp³-hybridized carbons (Fsp3) is 0.333. The summed E-state index contributed by atoms with van der Waals surface area (Å²) in [6.07, 6.45) is 3.23. The van der Waals surface area contributed by atoms with Gasteiger partial charge in [0, 0.05) is 73.2 Å². The molecule has 0 saturated heterocycles. The number of rotatable bonds is 15. The Balaban J connectivity index is 1.53. The van der Waals surface area contributed by atoms with Crippen molar-refractivity contribution in [1.82, 2.24) is 19.8 Å². The van der Waals surface area contributed by atoms with Crippen LogP contribution in [0.1, 0.15) is 43.2 Å². The van der Waals surface area contributed by atoms with E-state index in [1.165, 1.54) is 0 Å². The average Bonchev–Trinajstić information content (AvgIpc) is 3.07. The fourth-order valence-corrected chi connectivity index (χ4v) is 5.38. The van der Waals surface area contributed by atoms with Crippen molar-refractivity contribution in [2.24, 2.45) is 0 Å². The van der Waals surface area contributed by atoms with Crippen LogP contribution in [-0.2, 0) is 13.1 Å². The highest BCUT2D eigenvalue weighted by atomic mass is 16.5. The highest BCUT2D eigenvalue weighted by molar-refractivity contribution is 6.05. The van der Waals surface area contributed by atoms with Crippen molar-refractivity contribution in [1.29, 1.82) is 0 Å². The third-order valence-corrected chi connectivity index (χ3v) is 8.09. The SMILES string of the molecule is COc1cc(C(=O)Nc2cccc(-c3cccc(NC(=O)c4cc(OC)c(CN(C)CCO)cn4)c3C)c2C)ncc1CN(C)CCO. The molecule has 2 amide bonds. The van der Waals surface area contributed by atoms with Gasteiger partial charge in [-0.25, -0.2) is 0 Å². The number of hydrogen-bond donors (Lipinski definition) is 4. The standard InChI is InChI=1S/C36H44N6O6/c1-23-27(9-7-11-29(23)39-35(45)31-17-33(47-5)25(19-37-31)21-41(3)13-15-43)28-10-8-12-30(24(28)2)40-36(46)32-18-34(48-6)26(20-38-32)22-42(4)14-16-44/h7-12,17-20,43-44H,13-16,21-22H2,1-6H3,(H,39,45)(H,40,46). The fourth-order valence-electron chi connectivity index (χ4n) is 5.38. The Morgan fingerprint density at radius 3 is 1.46 bits per heavy atom. The number of benzene rings is 2. The van der Waals surface area contributed by atoms with Gasteiger partial charge in [-0.2, -0.15) is 0 Å². The van der Waals surface area contributed by atoms with Gasteiger partial charge in [0.2, 0.25) is 0 Å². The zero-order valence-electron chi connectivity index (χ0n) is 28.3. The van der Waals surface area contributed by atoms with Crippen LogP contribution in [-0.4, -0.2) is 96.4 Å². The Morgan fingerprint density at radius 2 is 1.10 bits per heavy atom. The molecule has 4 rings (SSSR count). The van der Waals surface area contributed by atoms with Crippen LogP contribution >= 0.6 is 0 Å². The highest BCUT2D eigenvalue weighted by Crippen LogP contribution is 2.34. The van der Waals surface area contributed by atoms with Crippen LogP contribution in [0.5, 0.6) is 11.5 Å². The number of aromatic nitrogens is 2. The summed E-state index contributed by atoms with van der Waals surface area (Å²) in [5, 5.41) is 24.4. The monoisotopic (exact) mass is 656 g/mol. The van der Waals surface area contributed by atoms with E-state index < -0.39 is 0 Å². The van der Waals surface area contributed by atoms with E-state index in [0.717, 1.165) is 33.4 Å². The van der Waals surface area contributed by atoms with E-state index in [4.69, 9.17) is 9.47 Å². The smallest absolute Gasteiger partial charge is 0.274 e. The van der Waals surface area contributed by atoms with Crippen molar-refractivity contribution < 1.29 is 29.3 Å². The molecule has 4 N–H and O–H groups in total. The highest BCUT2D eigenvalue weighted by Gasteiger charge is 2.18. The Kier molecular flexibility index (Phi) is 12.6. The number of methoxy groups -OCH3 is 2. The predicted molar refractivity (Wildman–Crippen MR) is 186 cm³/mol. The number of carbonyl (C=O) groups is 2. The third kappa shape index (κ3) is 8.72. The number of pyridine rings is 2.